The Hall–Kier alpha value is -2.48. The molecule has 0 aliphatic rings. The van der Waals surface area contributed by atoms with Gasteiger partial charge in [-0.2, -0.15) is 0 Å². The fourth-order valence-electron chi connectivity index (χ4n) is 2.64. The Morgan fingerprint density at radius 1 is 0.727 bits per heavy atom. The number of halogens is 2. The van der Waals surface area contributed by atoms with Gasteiger partial charge in [-0.1, -0.05) is 67.6 Å². The van der Waals surface area contributed by atoms with E-state index in [1.807, 2.05) is 36.4 Å². The highest BCUT2D eigenvalue weighted by Gasteiger charge is 2.13. The Balaban J connectivity index is 2.20. The molecule has 0 fully saturated rings. The highest BCUT2D eigenvalue weighted by molar-refractivity contribution is 5.83. The van der Waals surface area contributed by atoms with Gasteiger partial charge in [0, 0.05) is 5.56 Å². The minimum Gasteiger partial charge on any atom is -0.204 e. The maximum absolute atomic E-state index is 14.2. The van der Waals surface area contributed by atoms with Gasteiger partial charge >= 0.3 is 0 Å². The molecule has 0 saturated heterocycles. The van der Waals surface area contributed by atoms with Crippen molar-refractivity contribution in [3.05, 3.63) is 83.9 Å². The lowest BCUT2D eigenvalue weighted by atomic mass is 9.93. The summed E-state index contributed by atoms with van der Waals surface area (Å²) in [6, 6.07) is 19.9. The SMILES string of the molecule is CCc1cccc(-c2ccccc2-c2cccc(F)c2F)c1. The van der Waals surface area contributed by atoms with Gasteiger partial charge in [0.2, 0.25) is 0 Å². The van der Waals surface area contributed by atoms with Gasteiger partial charge in [0.05, 0.1) is 0 Å². The molecule has 0 aliphatic carbocycles. The molecule has 0 saturated carbocycles. The molecule has 0 N–H and O–H groups in total. The molecule has 0 heterocycles. The molecule has 0 radical (unpaired) electrons. The van der Waals surface area contributed by atoms with E-state index in [0.29, 0.717) is 5.56 Å². The lowest BCUT2D eigenvalue weighted by molar-refractivity contribution is 0.511. The van der Waals surface area contributed by atoms with Crippen LogP contribution in [0.1, 0.15) is 12.5 Å². The van der Waals surface area contributed by atoms with E-state index in [0.717, 1.165) is 23.6 Å². The number of aryl methyl sites for hydroxylation is 1. The number of hydrogen-bond donors (Lipinski definition) is 0. The fraction of sp³-hybridized carbons (Fsp3) is 0.100. The zero-order chi connectivity index (χ0) is 15.5. The topological polar surface area (TPSA) is 0 Å². The largest absolute Gasteiger partial charge is 0.204 e. The summed E-state index contributed by atoms with van der Waals surface area (Å²) in [7, 11) is 0. The van der Waals surface area contributed by atoms with Gasteiger partial charge in [-0.25, -0.2) is 8.78 Å². The summed E-state index contributed by atoms with van der Waals surface area (Å²) in [6.45, 7) is 2.09. The summed E-state index contributed by atoms with van der Waals surface area (Å²) in [6.07, 6.45) is 0.935. The molecule has 0 amide bonds. The van der Waals surface area contributed by atoms with Crippen molar-refractivity contribution >= 4 is 0 Å². The third kappa shape index (κ3) is 2.64. The Bertz CT molecular complexity index is 806. The van der Waals surface area contributed by atoms with Crippen LogP contribution >= 0.6 is 0 Å². The van der Waals surface area contributed by atoms with Gasteiger partial charge in [0.1, 0.15) is 0 Å². The second kappa shape index (κ2) is 6.10. The summed E-state index contributed by atoms with van der Waals surface area (Å²) < 4.78 is 27.7. The molecule has 3 rings (SSSR count). The summed E-state index contributed by atoms with van der Waals surface area (Å²) in [5, 5.41) is 0. The van der Waals surface area contributed by atoms with Crippen LogP contribution in [-0.2, 0) is 6.42 Å². The maximum atomic E-state index is 14.2. The van der Waals surface area contributed by atoms with Gasteiger partial charge in [-0.05, 0) is 34.7 Å². The average Bonchev–Trinajstić information content (AvgIpc) is 2.57. The first-order chi connectivity index (χ1) is 10.7. The Kier molecular flexibility index (Phi) is 4.01. The monoisotopic (exact) mass is 294 g/mol. The number of hydrogen-bond acceptors (Lipinski definition) is 0. The highest BCUT2D eigenvalue weighted by atomic mass is 19.2. The van der Waals surface area contributed by atoms with Crippen LogP contribution in [0.15, 0.2) is 66.7 Å². The fourth-order valence-corrected chi connectivity index (χ4v) is 2.64. The normalized spacial score (nSPS) is 10.7. The Morgan fingerprint density at radius 3 is 2.18 bits per heavy atom. The van der Waals surface area contributed by atoms with Gasteiger partial charge in [0.15, 0.2) is 11.6 Å². The van der Waals surface area contributed by atoms with Gasteiger partial charge in [-0.3, -0.25) is 0 Å². The molecule has 0 aromatic heterocycles. The molecule has 110 valence electrons. The maximum Gasteiger partial charge on any atom is 0.166 e. The molecule has 0 unspecified atom stereocenters. The van der Waals surface area contributed by atoms with Gasteiger partial charge in [0.25, 0.3) is 0 Å². The Morgan fingerprint density at radius 2 is 1.41 bits per heavy atom. The predicted octanol–water partition coefficient (Wildman–Crippen LogP) is 5.86. The molecule has 22 heavy (non-hydrogen) atoms. The van der Waals surface area contributed by atoms with Crippen LogP contribution in [0.5, 0.6) is 0 Å². The minimum atomic E-state index is -0.824. The van der Waals surface area contributed by atoms with Crippen molar-refractivity contribution in [3.8, 4) is 22.3 Å². The van der Waals surface area contributed by atoms with Crippen LogP contribution in [-0.4, -0.2) is 0 Å². The van der Waals surface area contributed by atoms with Crippen LogP contribution in [0.2, 0.25) is 0 Å². The molecular weight excluding hydrogens is 278 g/mol. The molecule has 0 atom stereocenters. The zero-order valence-electron chi connectivity index (χ0n) is 12.3. The second-order valence-corrected chi connectivity index (χ2v) is 5.20. The van der Waals surface area contributed by atoms with Gasteiger partial charge < -0.3 is 0 Å². The minimum absolute atomic E-state index is 0.289. The molecular formula is C20H16F2. The second-order valence-electron chi connectivity index (χ2n) is 5.20. The van der Waals surface area contributed by atoms with Crippen molar-refractivity contribution in [2.24, 2.45) is 0 Å². The average molecular weight is 294 g/mol. The first-order valence-corrected chi connectivity index (χ1v) is 7.33. The van der Waals surface area contributed by atoms with Crippen LogP contribution in [0.25, 0.3) is 22.3 Å². The third-order valence-electron chi connectivity index (χ3n) is 3.82. The molecule has 2 heteroatoms. The van der Waals surface area contributed by atoms with Crippen LogP contribution in [0, 0.1) is 11.6 Å². The van der Waals surface area contributed by atoms with Crippen molar-refractivity contribution in [1.82, 2.24) is 0 Å². The van der Waals surface area contributed by atoms with Gasteiger partial charge in [-0.15, -0.1) is 0 Å². The first-order valence-electron chi connectivity index (χ1n) is 7.33. The standard InChI is InChI=1S/C20H16F2/c1-2-14-7-5-8-15(13-14)16-9-3-4-10-17(16)18-11-6-12-19(21)20(18)22/h3-13H,2H2,1H3. The van der Waals surface area contributed by atoms with E-state index >= 15 is 0 Å². The van der Waals surface area contributed by atoms with E-state index in [4.69, 9.17) is 0 Å². The summed E-state index contributed by atoms with van der Waals surface area (Å²) in [5.41, 5.74) is 4.12. The van der Waals surface area contributed by atoms with Crippen molar-refractivity contribution in [1.29, 1.82) is 0 Å². The Labute approximate surface area is 129 Å². The van der Waals surface area contributed by atoms with E-state index in [9.17, 15) is 8.78 Å². The van der Waals surface area contributed by atoms with E-state index in [2.05, 4.69) is 19.1 Å². The molecule has 0 aliphatic heterocycles. The first kappa shape index (κ1) is 14.5. The van der Waals surface area contributed by atoms with Crippen molar-refractivity contribution in [3.63, 3.8) is 0 Å². The summed E-state index contributed by atoms with van der Waals surface area (Å²) >= 11 is 0. The highest BCUT2D eigenvalue weighted by Crippen LogP contribution is 2.34. The predicted molar refractivity (Wildman–Crippen MR) is 86.6 cm³/mol. The number of rotatable bonds is 3. The van der Waals surface area contributed by atoms with E-state index < -0.39 is 11.6 Å². The zero-order valence-corrected chi connectivity index (χ0v) is 12.3. The molecule has 3 aromatic rings. The quantitative estimate of drug-likeness (QED) is 0.567. The molecule has 0 nitrogen and oxygen atoms in total. The van der Waals surface area contributed by atoms with E-state index in [1.165, 1.54) is 11.6 Å². The van der Waals surface area contributed by atoms with Crippen molar-refractivity contribution in [2.45, 2.75) is 13.3 Å². The van der Waals surface area contributed by atoms with Crippen LogP contribution < -0.4 is 0 Å². The third-order valence-corrected chi connectivity index (χ3v) is 3.82. The van der Waals surface area contributed by atoms with Crippen molar-refractivity contribution in [2.75, 3.05) is 0 Å². The number of benzene rings is 3. The van der Waals surface area contributed by atoms with Crippen LogP contribution in [0.3, 0.4) is 0 Å². The van der Waals surface area contributed by atoms with Crippen LogP contribution in [0.4, 0.5) is 8.78 Å². The molecule has 0 spiro atoms. The van der Waals surface area contributed by atoms with Crippen molar-refractivity contribution < 1.29 is 8.78 Å². The smallest absolute Gasteiger partial charge is 0.166 e. The van der Waals surface area contributed by atoms with E-state index in [1.54, 1.807) is 6.07 Å². The summed E-state index contributed by atoms with van der Waals surface area (Å²) in [5.74, 6) is -1.63. The molecule has 3 aromatic carbocycles. The molecule has 0 bridgehead atoms. The summed E-state index contributed by atoms with van der Waals surface area (Å²) in [4.78, 5) is 0. The lowest BCUT2D eigenvalue weighted by Gasteiger charge is -2.12. The van der Waals surface area contributed by atoms with E-state index in [-0.39, 0.29) is 5.56 Å². The lowest BCUT2D eigenvalue weighted by Crippen LogP contribution is -1.92.